The molecule has 1 N–H and O–H groups in total. The summed E-state index contributed by atoms with van der Waals surface area (Å²) in [7, 11) is -3.95. The zero-order valence-electron chi connectivity index (χ0n) is 17.1. The Morgan fingerprint density at radius 1 is 1.18 bits per heavy atom. The third-order valence-electron chi connectivity index (χ3n) is 5.14. The van der Waals surface area contributed by atoms with E-state index in [1.165, 1.54) is 0 Å². The molecule has 1 aromatic heterocycles. The van der Waals surface area contributed by atoms with Crippen LogP contribution in [0.15, 0.2) is 69.9 Å². The van der Waals surface area contributed by atoms with Crippen molar-refractivity contribution in [1.29, 1.82) is 0 Å². The Kier molecular flexibility index (Phi) is 6.20. The lowest BCUT2D eigenvalue weighted by Crippen LogP contribution is -2.28. The van der Waals surface area contributed by atoms with Gasteiger partial charge in [0, 0.05) is 31.6 Å². The summed E-state index contributed by atoms with van der Waals surface area (Å²) in [6, 6.07) is 14.0. The first-order valence-corrected chi connectivity index (χ1v) is 12.1. The molecule has 2 aromatic carbocycles. The second-order valence-electron chi connectivity index (χ2n) is 7.39. The van der Waals surface area contributed by atoms with Gasteiger partial charge in [0.05, 0.1) is 21.9 Å². The van der Waals surface area contributed by atoms with Crippen molar-refractivity contribution in [3.05, 3.63) is 76.5 Å². The maximum absolute atomic E-state index is 12.8. The summed E-state index contributed by atoms with van der Waals surface area (Å²) >= 11 is 0.773. The van der Waals surface area contributed by atoms with E-state index in [9.17, 15) is 28.1 Å². The molecule has 1 aliphatic rings. The van der Waals surface area contributed by atoms with Crippen LogP contribution in [-0.4, -0.2) is 41.6 Å². The monoisotopic (exact) mass is 486 g/mol. The van der Waals surface area contributed by atoms with Gasteiger partial charge in [0.2, 0.25) is 21.7 Å². The largest absolute Gasteiger partial charge is 0.338 e. The van der Waals surface area contributed by atoms with E-state index >= 15 is 0 Å². The fourth-order valence-corrected chi connectivity index (χ4v) is 5.85. The summed E-state index contributed by atoms with van der Waals surface area (Å²) in [6.07, 6.45) is 1.19. The number of rotatable bonds is 7. The fraction of sp³-hybridized carbons (Fsp3) is 0.190. The molecule has 170 valence electrons. The average molecular weight is 487 g/mol. The van der Waals surface area contributed by atoms with Crippen molar-refractivity contribution in [2.24, 2.45) is 5.92 Å². The Hall–Kier alpha value is -3.64. The Balaban J connectivity index is 1.41. The average Bonchev–Trinajstić information content (AvgIpc) is 3.42. The van der Waals surface area contributed by atoms with Crippen LogP contribution in [0.5, 0.6) is 0 Å². The molecule has 1 saturated heterocycles. The molecule has 0 bridgehead atoms. The minimum absolute atomic E-state index is 0.0675. The number of nitro groups is 1. The van der Waals surface area contributed by atoms with E-state index in [0.29, 0.717) is 6.54 Å². The van der Waals surface area contributed by atoms with Crippen molar-refractivity contribution >= 4 is 43.8 Å². The Morgan fingerprint density at radius 3 is 2.55 bits per heavy atom. The summed E-state index contributed by atoms with van der Waals surface area (Å²) in [4.78, 5) is 40.6. The van der Waals surface area contributed by atoms with Gasteiger partial charge in [-0.2, -0.15) is 0 Å². The molecule has 1 fully saturated rings. The van der Waals surface area contributed by atoms with Gasteiger partial charge >= 0.3 is 0 Å². The first-order chi connectivity index (χ1) is 15.7. The van der Waals surface area contributed by atoms with Crippen molar-refractivity contribution in [2.75, 3.05) is 11.9 Å². The van der Waals surface area contributed by atoms with E-state index in [0.717, 1.165) is 47.4 Å². The minimum Gasteiger partial charge on any atom is -0.338 e. The fourth-order valence-electron chi connectivity index (χ4n) is 3.42. The van der Waals surface area contributed by atoms with E-state index in [-0.39, 0.29) is 38.8 Å². The van der Waals surface area contributed by atoms with Gasteiger partial charge in [0.15, 0.2) is 5.13 Å². The highest BCUT2D eigenvalue weighted by atomic mass is 32.2. The number of sulfone groups is 1. The molecule has 10 nitrogen and oxygen atoms in total. The highest BCUT2D eigenvalue weighted by Crippen LogP contribution is 2.30. The second-order valence-corrected chi connectivity index (χ2v) is 10.6. The van der Waals surface area contributed by atoms with Crippen LogP contribution in [0.4, 0.5) is 10.8 Å². The molecule has 33 heavy (non-hydrogen) atoms. The number of aromatic nitrogens is 1. The molecule has 0 aliphatic carbocycles. The number of benzene rings is 2. The predicted molar refractivity (Wildman–Crippen MR) is 119 cm³/mol. The van der Waals surface area contributed by atoms with Gasteiger partial charge in [-0.25, -0.2) is 13.4 Å². The lowest BCUT2D eigenvalue weighted by atomic mass is 10.1. The third kappa shape index (κ3) is 4.91. The Morgan fingerprint density at radius 2 is 1.88 bits per heavy atom. The first kappa shape index (κ1) is 22.6. The van der Waals surface area contributed by atoms with Crippen LogP contribution in [0, 0.1) is 16.0 Å². The molecule has 0 unspecified atom stereocenters. The van der Waals surface area contributed by atoms with Crippen LogP contribution in [0.2, 0.25) is 0 Å². The van der Waals surface area contributed by atoms with Crippen LogP contribution in [0.1, 0.15) is 12.0 Å². The molecule has 0 radical (unpaired) electrons. The first-order valence-electron chi connectivity index (χ1n) is 9.82. The van der Waals surface area contributed by atoms with Crippen molar-refractivity contribution in [2.45, 2.75) is 22.1 Å². The molecule has 2 heterocycles. The topological polar surface area (TPSA) is 140 Å². The smallest absolute Gasteiger partial charge is 0.269 e. The number of hydrogen-bond donors (Lipinski definition) is 1. The van der Waals surface area contributed by atoms with E-state index in [1.54, 1.807) is 4.90 Å². The number of amides is 2. The van der Waals surface area contributed by atoms with Gasteiger partial charge in [-0.1, -0.05) is 41.7 Å². The van der Waals surface area contributed by atoms with E-state index in [1.807, 2.05) is 30.3 Å². The molecule has 0 saturated carbocycles. The molecule has 1 atom stereocenters. The summed E-state index contributed by atoms with van der Waals surface area (Å²) in [5, 5.41) is 13.4. The van der Waals surface area contributed by atoms with E-state index in [2.05, 4.69) is 10.3 Å². The lowest BCUT2D eigenvalue weighted by molar-refractivity contribution is -0.384. The standard InChI is InChI=1S/C21H18N4O6S2/c26-18-10-15(13-24(18)12-14-4-2-1-3-5-14)20(27)23-21-22-11-19(32-21)33(30,31)17-8-6-16(7-9-17)25(28)29/h1-9,11,15H,10,12-13H2,(H,22,23,27)/t15-/m1/s1. The minimum atomic E-state index is -3.95. The number of carbonyl (C=O) groups is 2. The third-order valence-corrected chi connectivity index (χ3v) is 8.28. The molecule has 0 spiro atoms. The number of anilines is 1. The molecular weight excluding hydrogens is 468 g/mol. The molecule has 12 heteroatoms. The van der Waals surface area contributed by atoms with Crippen LogP contribution >= 0.6 is 11.3 Å². The molecule has 2 amide bonds. The Bertz CT molecular complexity index is 1310. The van der Waals surface area contributed by atoms with Gasteiger partial charge in [0.1, 0.15) is 4.21 Å². The number of nitrogens with one attached hydrogen (secondary N) is 1. The van der Waals surface area contributed by atoms with Crippen molar-refractivity contribution in [1.82, 2.24) is 9.88 Å². The highest BCUT2D eigenvalue weighted by Gasteiger charge is 2.34. The molecule has 1 aliphatic heterocycles. The summed E-state index contributed by atoms with van der Waals surface area (Å²) in [5.41, 5.74) is 0.742. The number of non-ortho nitro benzene ring substituents is 1. The van der Waals surface area contributed by atoms with Crippen molar-refractivity contribution in [3.8, 4) is 0 Å². The molecular formula is C21H18N4O6S2. The maximum Gasteiger partial charge on any atom is 0.269 e. The van der Waals surface area contributed by atoms with Gasteiger partial charge in [-0.15, -0.1) is 0 Å². The normalized spacial score (nSPS) is 16.1. The SMILES string of the molecule is O=C(Nc1ncc(S(=O)(=O)c2ccc([N+](=O)[O-])cc2)s1)[C@@H]1CC(=O)N(Cc2ccccc2)C1. The van der Waals surface area contributed by atoms with Crippen LogP contribution in [0.25, 0.3) is 0 Å². The zero-order valence-corrected chi connectivity index (χ0v) is 18.7. The second kappa shape index (κ2) is 9.08. The van der Waals surface area contributed by atoms with E-state index < -0.39 is 26.6 Å². The molecule has 3 aromatic rings. The summed E-state index contributed by atoms with van der Waals surface area (Å²) in [5.74, 6) is -1.10. The number of thiazole rings is 1. The van der Waals surface area contributed by atoms with E-state index in [4.69, 9.17) is 0 Å². The maximum atomic E-state index is 12.8. The highest BCUT2D eigenvalue weighted by molar-refractivity contribution is 7.93. The van der Waals surface area contributed by atoms with Crippen LogP contribution in [0.3, 0.4) is 0 Å². The number of nitrogens with zero attached hydrogens (tertiary/aromatic N) is 3. The quantitative estimate of drug-likeness (QED) is 0.400. The van der Waals surface area contributed by atoms with Gasteiger partial charge in [0.25, 0.3) is 5.69 Å². The number of hydrogen-bond acceptors (Lipinski definition) is 8. The van der Waals surface area contributed by atoms with Crippen molar-refractivity contribution < 1.29 is 22.9 Å². The number of likely N-dealkylation sites (tertiary alicyclic amines) is 1. The predicted octanol–water partition coefficient (Wildman–Crippen LogP) is 2.87. The van der Waals surface area contributed by atoms with Crippen LogP contribution in [-0.2, 0) is 26.0 Å². The summed E-state index contributed by atoms with van der Waals surface area (Å²) < 4.78 is 25.4. The summed E-state index contributed by atoms with van der Waals surface area (Å²) in [6.45, 7) is 0.678. The molecule has 4 rings (SSSR count). The zero-order chi connectivity index (χ0) is 23.6. The van der Waals surface area contributed by atoms with Crippen LogP contribution < -0.4 is 5.32 Å². The van der Waals surface area contributed by atoms with Crippen molar-refractivity contribution in [3.63, 3.8) is 0 Å². The van der Waals surface area contributed by atoms with Gasteiger partial charge in [-0.3, -0.25) is 19.7 Å². The van der Waals surface area contributed by atoms with Gasteiger partial charge in [-0.05, 0) is 17.7 Å². The number of nitro benzene ring substituents is 1. The Labute approximate surface area is 193 Å². The lowest BCUT2D eigenvalue weighted by Gasteiger charge is -2.16. The number of carbonyl (C=O) groups excluding carboxylic acids is 2. The van der Waals surface area contributed by atoms with Gasteiger partial charge < -0.3 is 10.2 Å².